The number of halogens is 3. The van der Waals surface area contributed by atoms with Crippen molar-refractivity contribution in [3.63, 3.8) is 0 Å². The molecule has 0 amide bonds. The maximum Gasteiger partial charge on any atom is 0.394 e. The Kier molecular flexibility index (Phi) is 5.23. The lowest BCUT2D eigenvalue weighted by Crippen LogP contribution is -2.36. The van der Waals surface area contributed by atoms with Crippen molar-refractivity contribution in [2.45, 2.75) is 52.8 Å². The maximum atomic E-state index is 12.7. The van der Waals surface area contributed by atoms with Crippen molar-refractivity contribution in [3.05, 3.63) is 12.2 Å². The van der Waals surface area contributed by atoms with Gasteiger partial charge in [0, 0.05) is 5.57 Å². The fourth-order valence-corrected chi connectivity index (χ4v) is 1.21. The van der Waals surface area contributed by atoms with Gasteiger partial charge >= 0.3 is 12.1 Å². The Morgan fingerprint density at radius 3 is 2.12 bits per heavy atom. The summed E-state index contributed by atoms with van der Waals surface area (Å²) in [4.78, 5) is 11.2. The first-order chi connectivity index (χ1) is 7.51. The van der Waals surface area contributed by atoms with E-state index in [9.17, 15) is 18.0 Å². The predicted octanol–water partition coefficient (Wildman–Crippen LogP) is 3.86. The fourth-order valence-electron chi connectivity index (χ4n) is 1.21. The van der Waals surface area contributed by atoms with Crippen molar-refractivity contribution in [2.75, 3.05) is 0 Å². The van der Waals surface area contributed by atoms with Crippen molar-refractivity contribution in [1.82, 2.24) is 0 Å². The van der Waals surface area contributed by atoms with E-state index in [0.29, 0.717) is 6.42 Å². The van der Waals surface area contributed by atoms with Crippen LogP contribution in [-0.2, 0) is 9.53 Å². The Morgan fingerprint density at radius 2 is 1.82 bits per heavy atom. The molecule has 0 rings (SSSR count). The van der Waals surface area contributed by atoms with Gasteiger partial charge in [-0.15, -0.1) is 0 Å². The molecule has 100 valence electrons. The molecule has 0 N–H and O–H groups in total. The first kappa shape index (κ1) is 16.0. The molecule has 0 heterocycles. The van der Waals surface area contributed by atoms with Crippen LogP contribution in [0.1, 0.15) is 40.5 Å². The molecule has 2 nitrogen and oxygen atoms in total. The Bertz CT molecular complexity index is 293. The minimum atomic E-state index is -4.31. The number of carbonyl (C=O) groups excluding carboxylic acids is 1. The summed E-state index contributed by atoms with van der Waals surface area (Å²) < 4.78 is 43.0. The number of alkyl halides is 3. The van der Waals surface area contributed by atoms with Gasteiger partial charge in [0.1, 0.15) is 6.10 Å². The molecule has 1 atom stereocenters. The molecule has 0 aromatic rings. The van der Waals surface area contributed by atoms with E-state index in [2.05, 4.69) is 6.58 Å². The monoisotopic (exact) mass is 252 g/mol. The molecule has 0 saturated heterocycles. The number of hydrogen-bond acceptors (Lipinski definition) is 2. The standard InChI is InChI=1S/C12H19F3O2/c1-6-9(17-10(16)8(2)3)7-11(4,5)12(13,14)15/h9H,2,6-7H2,1,3-5H3. The van der Waals surface area contributed by atoms with Gasteiger partial charge in [-0.05, 0) is 19.8 Å². The van der Waals surface area contributed by atoms with Gasteiger partial charge in [0.05, 0.1) is 5.41 Å². The second kappa shape index (κ2) is 5.56. The second-order valence-corrected chi connectivity index (χ2v) is 4.80. The van der Waals surface area contributed by atoms with Gasteiger partial charge in [0.15, 0.2) is 0 Å². The molecule has 17 heavy (non-hydrogen) atoms. The molecule has 0 fully saturated rings. The summed E-state index contributed by atoms with van der Waals surface area (Å²) in [6, 6.07) is 0. The van der Waals surface area contributed by atoms with Crippen LogP contribution in [0.15, 0.2) is 12.2 Å². The molecular formula is C12H19F3O2. The van der Waals surface area contributed by atoms with Crippen LogP contribution in [0.25, 0.3) is 0 Å². The van der Waals surface area contributed by atoms with E-state index in [1.807, 2.05) is 0 Å². The normalized spacial score (nSPS) is 14.3. The zero-order valence-electron chi connectivity index (χ0n) is 10.6. The van der Waals surface area contributed by atoms with Crippen molar-refractivity contribution in [3.8, 4) is 0 Å². The van der Waals surface area contributed by atoms with E-state index < -0.39 is 23.7 Å². The van der Waals surface area contributed by atoms with E-state index in [-0.39, 0.29) is 12.0 Å². The third kappa shape index (κ3) is 4.79. The zero-order chi connectivity index (χ0) is 13.9. The molecule has 0 aliphatic carbocycles. The van der Waals surface area contributed by atoms with Crippen LogP contribution in [0, 0.1) is 5.41 Å². The highest BCUT2D eigenvalue weighted by atomic mass is 19.4. The largest absolute Gasteiger partial charge is 0.459 e. The smallest absolute Gasteiger partial charge is 0.394 e. The second-order valence-electron chi connectivity index (χ2n) is 4.80. The van der Waals surface area contributed by atoms with Gasteiger partial charge in [-0.2, -0.15) is 13.2 Å². The SMILES string of the molecule is C=C(C)C(=O)OC(CC)CC(C)(C)C(F)(F)F. The lowest BCUT2D eigenvalue weighted by atomic mass is 9.85. The van der Waals surface area contributed by atoms with Crippen LogP contribution in [0.5, 0.6) is 0 Å². The first-order valence-electron chi connectivity index (χ1n) is 5.44. The van der Waals surface area contributed by atoms with Crippen molar-refractivity contribution >= 4 is 5.97 Å². The topological polar surface area (TPSA) is 26.3 Å². The van der Waals surface area contributed by atoms with Gasteiger partial charge in [0.25, 0.3) is 0 Å². The van der Waals surface area contributed by atoms with Crippen LogP contribution in [-0.4, -0.2) is 18.2 Å². The number of hydrogen-bond donors (Lipinski definition) is 0. The summed E-state index contributed by atoms with van der Waals surface area (Å²) in [6.45, 7) is 8.74. The highest BCUT2D eigenvalue weighted by Crippen LogP contribution is 2.41. The van der Waals surface area contributed by atoms with E-state index in [1.165, 1.54) is 6.92 Å². The van der Waals surface area contributed by atoms with Gasteiger partial charge < -0.3 is 4.74 Å². The highest BCUT2D eigenvalue weighted by molar-refractivity contribution is 5.87. The Morgan fingerprint density at radius 1 is 1.35 bits per heavy atom. The minimum absolute atomic E-state index is 0.188. The predicted molar refractivity (Wildman–Crippen MR) is 59.4 cm³/mol. The average molecular weight is 252 g/mol. The van der Waals surface area contributed by atoms with E-state index in [4.69, 9.17) is 4.74 Å². The average Bonchev–Trinajstić information content (AvgIpc) is 2.14. The van der Waals surface area contributed by atoms with Crippen molar-refractivity contribution < 1.29 is 22.7 Å². The van der Waals surface area contributed by atoms with E-state index in [0.717, 1.165) is 13.8 Å². The molecule has 0 aromatic heterocycles. The lowest BCUT2D eigenvalue weighted by molar-refractivity contribution is -0.221. The van der Waals surface area contributed by atoms with Gasteiger partial charge in [0.2, 0.25) is 0 Å². The third-order valence-electron chi connectivity index (χ3n) is 2.58. The zero-order valence-corrected chi connectivity index (χ0v) is 10.6. The van der Waals surface area contributed by atoms with Gasteiger partial charge in [-0.3, -0.25) is 0 Å². The van der Waals surface area contributed by atoms with E-state index in [1.54, 1.807) is 6.92 Å². The Hall–Kier alpha value is -1.00. The summed E-state index contributed by atoms with van der Waals surface area (Å²) in [5.74, 6) is -0.644. The van der Waals surface area contributed by atoms with E-state index >= 15 is 0 Å². The number of carbonyl (C=O) groups is 1. The number of ether oxygens (including phenoxy) is 1. The Balaban J connectivity index is 4.62. The van der Waals surface area contributed by atoms with Gasteiger partial charge in [-0.1, -0.05) is 27.4 Å². The molecule has 0 radical (unpaired) electrons. The summed E-state index contributed by atoms with van der Waals surface area (Å²) >= 11 is 0. The summed E-state index contributed by atoms with van der Waals surface area (Å²) in [5.41, 5.74) is -1.68. The van der Waals surface area contributed by atoms with Crippen molar-refractivity contribution in [2.24, 2.45) is 5.41 Å². The first-order valence-corrected chi connectivity index (χ1v) is 5.44. The van der Waals surface area contributed by atoms with Crippen LogP contribution in [0.3, 0.4) is 0 Å². The van der Waals surface area contributed by atoms with Crippen LogP contribution in [0.4, 0.5) is 13.2 Å². The molecule has 0 saturated carbocycles. The molecule has 0 aromatic carbocycles. The summed E-state index contributed by atoms with van der Waals surface area (Å²) in [6.07, 6.45) is -4.95. The molecule has 5 heteroatoms. The Labute approximate surface area is 99.8 Å². The molecule has 0 spiro atoms. The van der Waals surface area contributed by atoms with Crippen LogP contribution < -0.4 is 0 Å². The summed E-state index contributed by atoms with van der Waals surface area (Å²) in [7, 11) is 0. The lowest BCUT2D eigenvalue weighted by Gasteiger charge is -2.31. The quantitative estimate of drug-likeness (QED) is 0.548. The number of rotatable bonds is 5. The maximum absolute atomic E-state index is 12.7. The summed E-state index contributed by atoms with van der Waals surface area (Å²) in [5, 5.41) is 0. The van der Waals surface area contributed by atoms with Crippen LogP contribution >= 0.6 is 0 Å². The number of esters is 1. The van der Waals surface area contributed by atoms with Gasteiger partial charge in [-0.25, -0.2) is 4.79 Å². The molecule has 0 aliphatic rings. The molecule has 0 aliphatic heterocycles. The highest BCUT2D eigenvalue weighted by Gasteiger charge is 2.48. The molecule has 0 bridgehead atoms. The minimum Gasteiger partial charge on any atom is -0.459 e. The molecular weight excluding hydrogens is 233 g/mol. The fraction of sp³-hybridized carbons (Fsp3) is 0.750. The van der Waals surface area contributed by atoms with Crippen LogP contribution in [0.2, 0.25) is 0 Å². The van der Waals surface area contributed by atoms with Crippen molar-refractivity contribution in [1.29, 1.82) is 0 Å². The molecule has 1 unspecified atom stereocenters. The third-order valence-corrected chi connectivity index (χ3v) is 2.58.